The Hall–Kier alpha value is -1.93. The van der Waals surface area contributed by atoms with Crippen LogP contribution in [0, 0.1) is 0 Å². The lowest BCUT2D eigenvalue weighted by molar-refractivity contribution is -0.150. The molecule has 2 aliphatic heterocycles. The largest absolute Gasteiger partial charge is 0.377 e. The third-order valence-electron chi connectivity index (χ3n) is 3.99. The van der Waals surface area contributed by atoms with E-state index in [0.29, 0.717) is 26.1 Å². The number of nitrogens with one attached hydrogen (secondary N) is 3. The number of hydrogen-bond acceptors (Lipinski definition) is 5. The van der Waals surface area contributed by atoms with E-state index < -0.39 is 6.04 Å². The van der Waals surface area contributed by atoms with E-state index in [9.17, 15) is 9.59 Å². The molecule has 1 fully saturated rings. The Kier molecular flexibility index (Phi) is 3.89. The first-order chi connectivity index (χ1) is 10.2. The van der Waals surface area contributed by atoms with Crippen molar-refractivity contribution in [2.24, 2.45) is 0 Å². The molecule has 2 atom stereocenters. The first-order valence-electron chi connectivity index (χ1n) is 7.05. The summed E-state index contributed by atoms with van der Waals surface area (Å²) in [6.45, 7) is 1.72. The van der Waals surface area contributed by atoms with Crippen LogP contribution in [0.2, 0.25) is 0 Å². The summed E-state index contributed by atoms with van der Waals surface area (Å²) in [6, 6.07) is -0.898. The molecule has 2 amide bonds. The zero-order valence-corrected chi connectivity index (χ0v) is 11.9. The van der Waals surface area contributed by atoms with Gasteiger partial charge >= 0.3 is 0 Å². The van der Waals surface area contributed by atoms with Gasteiger partial charge in [0.15, 0.2) is 0 Å². The smallest absolute Gasteiger partial charge is 0.244 e. The van der Waals surface area contributed by atoms with Gasteiger partial charge < -0.3 is 19.9 Å². The number of morpholine rings is 1. The molecule has 3 heterocycles. The fourth-order valence-corrected chi connectivity index (χ4v) is 2.80. The monoisotopic (exact) mass is 293 g/mol. The minimum Gasteiger partial charge on any atom is -0.377 e. The lowest BCUT2D eigenvalue weighted by atomic mass is 10.0. The van der Waals surface area contributed by atoms with Gasteiger partial charge in [0.1, 0.15) is 6.04 Å². The number of likely N-dealkylation sites (N-methyl/N-ethyl adjacent to an activating group) is 1. The van der Waals surface area contributed by atoms with Gasteiger partial charge in [-0.1, -0.05) is 0 Å². The van der Waals surface area contributed by atoms with Crippen LogP contribution in [0.1, 0.15) is 11.4 Å². The van der Waals surface area contributed by atoms with Crippen molar-refractivity contribution < 1.29 is 14.3 Å². The number of rotatable bonds is 2. The Labute approximate surface area is 122 Å². The van der Waals surface area contributed by atoms with E-state index in [1.165, 1.54) is 0 Å². The highest BCUT2D eigenvalue weighted by atomic mass is 16.5. The molecule has 114 valence electrons. The number of imidazole rings is 1. The van der Waals surface area contributed by atoms with Crippen molar-refractivity contribution in [3.63, 3.8) is 0 Å². The minimum atomic E-state index is -0.557. The van der Waals surface area contributed by atoms with Crippen molar-refractivity contribution >= 4 is 11.8 Å². The lowest BCUT2D eigenvalue weighted by Gasteiger charge is -2.37. The number of hydrogen-bond donors (Lipinski definition) is 3. The molecule has 21 heavy (non-hydrogen) atoms. The average Bonchev–Trinajstić information content (AvgIpc) is 3.01. The number of amides is 2. The van der Waals surface area contributed by atoms with Gasteiger partial charge in [0.25, 0.3) is 0 Å². The Balaban J connectivity index is 1.73. The Morgan fingerprint density at radius 3 is 3.19 bits per heavy atom. The van der Waals surface area contributed by atoms with Gasteiger partial charge in [0.05, 0.1) is 37.0 Å². The molecule has 3 N–H and O–H groups in total. The molecule has 0 aromatic carbocycles. The Morgan fingerprint density at radius 1 is 1.52 bits per heavy atom. The maximum Gasteiger partial charge on any atom is 0.244 e. The molecule has 1 aromatic rings. The van der Waals surface area contributed by atoms with E-state index in [1.54, 1.807) is 18.3 Å². The standard InChI is InChI=1S/C13H19N5O3/c1-14-12(19)11-6-21-3-2-18(11)13(20)9-4-8-10(5-15-9)17-7-16-8/h7,9,11,15H,2-6H2,1H3,(H,14,19)(H,16,17). The first kappa shape index (κ1) is 14.0. The molecule has 8 heteroatoms. The second kappa shape index (κ2) is 5.82. The third kappa shape index (κ3) is 2.64. The van der Waals surface area contributed by atoms with Crippen LogP contribution in [0.3, 0.4) is 0 Å². The fraction of sp³-hybridized carbons (Fsp3) is 0.615. The van der Waals surface area contributed by atoms with Crippen molar-refractivity contribution in [1.29, 1.82) is 0 Å². The predicted octanol–water partition coefficient (Wildman–Crippen LogP) is -1.60. The molecule has 1 aromatic heterocycles. The molecular formula is C13H19N5O3. The lowest BCUT2D eigenvalue weighted by Crippen LogP contribution is -2.60. The molecule has 1 saturated heterocycles. The molecular weight excluding hydrogens is 274 g/mol. The highest BCUT2D eigenvalue weighted by molar-refractivity contribution is 5.90. The molecule has 0 radical (unpaired) electrons. The summed E-state index contributed by atoms with van der Waals surface area (Å²) in [5.41, 5.74) is 1.93. The summed E-state index contributed by atoms with van der Waals surface area (Å²) in [5, 5.41) is 5.78. The summed E-state index contributed by atoms with van der Waals surface area (Å²) >= 11 is 0. The number of nitrogens with zero attached hydrogens (tertiary/aromatic N) is 2. The van der Waals surface area contributed by atoms with Gasteiger partial charge in [0.2, 0.25) is 11.8 Å². The van der Waals surface area contributed by atoms with Crippen molar-refractivity contribution in [3.05, 3.63) is 17.7 Å². The normalized spacial score (nSPS) is 25.3. The molecule has 0 bridgehead atoms. The summed E-state index contributed by atoms with van der Waals surface area (Å²) < 4.78 is 5.32. The van der Waals surface area contributed by atoms with Crippen molar-refractivity contribution in [3.8, 4) is 0 Å². The third-order valence-corrected chi connectivity index (χ3v) is 3.99. The number of carbonyl (C=O) groups excluding carboxylic acids is 2. The van der Waals surface area contributed by atoms with E-state index in [1.807, 2.05) is 0 Å². The number of H-pyrrole nitrogens is 1. The summed E-state index contributed by atoms with van der Waals surface area (Å²) in [7, 11) is 1.56. The van der Waals surface area contributed by atoms with E-state index >= 15 is 0 Å². The minimum absolute atomic E-state index is 0.0689. The van der Waals surface area contributed by atoms with E-state index in [4.69, 9.17) is 4.74 Å². The predicted molar refractivity (Wildman–Crippen MR) is 73.3 cm³/mol. The molecule has 0 spiro atoms. The van der Waals surface area contributed by atoms with Gasteiger partial charge in [-0.25, -0.2) is 4.98 Å². The van der Waals surface area contributed by atoms with Crippen LogP contribution >= 0.6 is 0 Å². The summed E-state index contributed by atoms with van der Waals surface area (Å²) in [4.78, 5) is 33.5. The van der Waals surface area contributed by atoms with Gasteiger partial charge in [-0.15, -0.1) is 0 Å². The van der Waals surface area contributed by atoms with Crippen molar-refractivity contribution in [2.45, 2.75) is 25.0 Å². The molecule has 3 rings (SSSR count). The van der Waals surface area contributed by atoms with Gasteiger partial charge in [-0.2, -0.15) is 0 Å². The highest BCUT2D eigenvalue weighted by Gasteiger charge is 2.37. The van der Waals surface area contributed by atoms with Gasteiger partial charge in [-0.05, 0) is 0 Å². The molecule has 0 saturated carbocycles. The van der Waals surface area contributed by atoms with Crippen LogP contribution in [0.25, 0.3) is 0 Å². The zero-order chi connectivity index (χ0) is 14.8. The van der Waals surface area contributed by atoms with Crippen LogP contribution in [0.5, 0.6) is 0 Å². The average molecular weight is 293 g/mol. The van der Waals surface area contributed by atoms with Gasteiger partial charge in [0, 0.05) is 26.6 Å². The van der Waals surface area contributed by atoms with E-state index in [2.05, 4.69) is 20.6 Å². The van der Waals surface area contributed by atoms with E-state index in [0.717, 1.165) is 11.4 Å². The Bertz CT molecular complexity index is 544. The van der Waals surface area contributed by atoms with E-state index in [-0.39, 0.29) is 24.5 Å². The number of carbonyl (C=O) groups is 2. The summed E-state index contributed by atoms with van der Waals surface area (Å²) in [5.74, 6) is -0.264. The quantitative estimate of drug-likeness (QED) is 0.610. The number of ether oxygens (including phenoxy) is 1. The maximum absolute atomic E-state index is 12.7. The summed E-state index contributed by atoms with van der Waals surface area (Å²) in [6.07, 6.45) is 2.18. The second-order valence-corrected chi connectivity index (χ2v) is 5.20. The molecule has 8 nitrogen and oxygen atoms in total. The van der Waals surface area contributed by atoms with Crippen LogP contribution in [-0.4, -0.2) is 65.6 Å². The number of aromatic amines is 1. The zero-order valence-electron chi connectivity index (χ0n) is 11.9. The van der Waals surface area contributed by atoms with Crippen LogP contribution in [0.4, 0.5) is 0 Å². The molecule has 2 unspecified atom stereocenters. The highest BCUT2D eigenvalue weighted by Crippen LogP contribution is 2.16. The maximum atomic E-state index is 12.7. The number of aromatic nitrogens is 2. The first-order valence-corrected chi connectivity index (χ1v) is 7.05. The van der Waals surface area contributed by atoms with Crippen LogP contribution in [0.15, 0.2) is 6.33 Å². The van der Waals surface area contributed by atoms with Crippen LogP contribution in [-0.2, 0) is 27.3 Å². The molecule has 2 aliphatic rings. The second-order valence-electron chi connectivity index (χ2n) is 5.20. The topological polar surface area (TPSA) is 99.3 Å². The SMILES string of the molecule is CNC(=O)C1COCCN1C(=O)C1Cc2nc[nH]c2CN1. The van der Waals surface area contributed by atoms with Crippen molar-refractivity contribution in [1.82, 2.24) is 25.5 Å². The fourth-order valence-electron chi connectivity index (χ4n) is 2.80. The van der Waals surface area contributed by atoms with Crippen LogP contribution < -0.4 is 10.6 Å². The van der Waals surface area contributed by atoms with Crippen molar-refractivity contribution in [2.75, 3.05) is 26.8 Å². The van der Waals surface area contributed by atoms with Gasteiger partial charge in [-0.3, -0.25) is 14.9 Å². The Morgan fingerprint density at radius 2 is 2.38 bits per heavy atom. The number of fused-ring (bicyclic) bond motifs is 1. The molecule has 0 aliphatic carbocycles.